The van der Waals surface area contributed by atoms with Crippen LogP contribution in [0.1, 0.15) is 49.4 Å². The molecule has 1 atom stereocenters. The molecule has 1 aromatic heterocycles. The molecule has 0 spiro atoms. The quantitative estimate of drug-likeness (QED) is 0.914. The number of rotatable bonds is 5. The van der Waals surface area contributed by atoms with Gasteiger partial charge >= 0.3 is 5.97 Å². The smallest absolute Gasteiger partial charge is 0.314 e. The summed E-state index contributed by atoms with van der Waals surface area (Å²) in [5, 5.41) is 13.6. The molecule has 0 bridgehead atoms. The summed E-state index contributed by atoms with van der Waals surface area (Å²) in [4.78, 5) is 16.1. The van der Waals surface area contributed by atoms with Crippen molar-refractivity contribution in [1.29, 1.82) is 0 Å². The van der Waals surface area contributed by atoms with Crippen molar-refractivity contribution >= 4 is 5.97 Å². The number of carboxylic acid groups (broad SMARTS) is 1. The first-order valence-electron chi connectivity index (χ1n) is 7.21. The van der Waals surface area contributed by atoms with Gasteiger partial charge in [-0.3, -0.25) is 4.79 Å². The molecule has 0 aliphatic heterocycles. The molecule has 1 heterocycles. The van der Waals surface area contributed by atoms with Crippen LogP contribution in [0.25, 0.3) is 0 Å². The van der Waals surface area contributed by atoms with Gasteiger partial charge in [0.25, 0.3) is 0 Å². The normalized spacial score (nSPS) is 18.0. The van der Waals surface area contributed by atoms with Crippen molar-refractivity contribution < 1.29 is 14.4 Å². The minimum Gasteiger partial charge on any atom is -0.481 e. The van der Waals surface area contributed by atoms with Crippen LogP contribution in [0, 0.1) is 0 Å². The van der Waals surface area contributed by atoms with Gasteiger partial charge in [0.2, 0.25) is 5.89 Å². The Morgan fingerprint density at radius 1 is 1.38 bits per heavy atom. The van der Waals surface area contributed by atoms with Crippen LogP contribution in [-0.2, 0) is 16.6 Å². The molecule has 110 valence electrons. The zero-order chi connectivity index (χ0) is 14.9. The van der Waals surface area contributed by atoms with E-state index in [0.29, 0.717) is 11.8 Å². The van der Waals surface area contributed by atoms with E-state index in [2.05, 4.69) is 10.1 Å². The maximum atomic E-state index is 11.7. The average molecular weight is 286 g/mol. The summed E-state index contributed by atoms with van der Waals surface area (Å²) in [6.45, 7) is 1.69. The van der Waals surface area contributed by atoms with Crippen LogP contribution in [0.3, 0.4) is 0 Å². The summed E-state index contributed by atoms with van der Waals surface area (Å²) < 4.78 is 5.26. The molecular weight excluding hydrogens is 268 g/mol. The maximum absolute atomic E-state index is 11.7. The van der Waals surface area contributed by atoms with Crippen molar-refractivity contribution in [3.05, 3.63) is 47.6 Å². The lowest BCUT2D eigenvalue weighted by Crippen LogP contribution is -2.35. The molecule has 1 unspecified atom stereocenters. The van der Waals surface area contributed by atoms with Crippen LogP contribution in [0.4, 0.5) is 0 Å². The number of aliphatic carboxylic acids is 1. The molecule has 5 heteroatoms. The van der Waals surface area contributed by atoms with E-state index < -0.39 is 11.4 Å². The van der Waals surface area contributed by atoms with Gasteiger partial charge < -0.3 is 9.63 Å². The molecule has 1 fully saturated rings. The lowest BCUT2D eigenvalue weighted by molar-refractivity contribution is -0.143. The van der Waals surface area contributed by atoms with Crippen molar-refractivity contribution in [2.75, 3.05) is 0 Å². The molecule has 3 rings (SSSR count). The monoisotopic (exact) mass is 286 g/mol. The Hall–Kier alpha value is -2.17. The number of carboxylic acids is 1. The molecule has 0 amide bonds. The molecule has 5 nitrogen and oxygen atoms in total. The Balaban J connectivity index is 1.85. The Labute approximate surface area is 123 Å². The predicted octanol–water partition coefficient (Wildman–Crippen LogP) is 2.92. The number of benzene rings is 1. The summed E-state index contributed by atoms with van der Waals surface area (Å²) in [6.07, 6.45) is 3.58. The number of hydrogen-bond donors (Lipinski definition) is 1. The predicted molar refractivity (Wildman–Crippen MR) is 76.0 cm³/mol. The van der Waals surface area contributed by atoms with Crippen LogP contribution >= 0.6 is 0 Å². The Morgan fingerprint density at radius 3 is 2.67 bits per heavy atom. The number of carbonyl (C=O) groups is 1. The second-order valence-corrected chi connectivity index (χ2v) is 5.85. The number of nitrogens with zero attached hydrogens (tertiary/aromatic N) is 2. The molecule has 1 saturated carbocycles. The SMILES string of the molecule is CC(Cc1nc(C2CCC2)no1)(C(=O)O)c1ccccc1. The number of hydrogen-bond acceptors (Lipinski definition) is 4. The standard InChI is InChI=1S/C16H18N2O3/c1-16(15(19)20,12-8-3-2-4-9-12)10-13-17-14(18-21-13)11-6-5-7-11/h2-4,8-9,11H,5-7,10H2,1H3,(H,19,20). The second-order valence-electron chi connectivity index (χ2n) is 5.85. The molecule has 1 aromatic carbocycles. The first-order valence-corrected chi connectivity index (χ1v) is 7.21. The van der Waals surface area contributed by atoms with Crippen molar-refractivity contribution in [2.24, 2.45) is 0 Å². The lowest BCUT2D eigenvalue weighted by atomic mass is 9.79. The Kier molecular flexibility index (Phi) is 3.49. The molecular formula is C16H18N2O3. The van der Waals surface area contributed by atoms with Crippen molar-refractivity contribution in [2.45, 2.75) is 43.9 Å². The summed E-state index contributed by atoms with van der Waals surface area (Å²) in [7, 11) is 0. The van der Waals surface area contributed by atoms with E-state index in [1.54, 1.807) is 6.92 Å². The van der Waals surface area contributed by atoms with Gasteiger partial charge in [-0.25, -0.2) is 0 Å². The third kappa shape index (κ3) is 2.55. The minimum atomic E-state index is -1.06. The van der Waals surface area contributed by atoms with E-state index in [-0.39, 0.29) is 6.42 Å². The van der Waals surface area contributed by atoms with Gasteiger partial charge in [0.05, 0.1) is 5.41 Å². The zero-order valence-electron chi connectivity index (χ0n) is 12.0. The average Bonchev–Trinajstić information content (AvgIpc) is 2.85. The van der Waals surface area contributed by atoms with Crippen LogP contribution in [0.5, 0.6) is 0 Å². The first kappa shape index (κ1) is 13.8. The Morgan fingerprint density at radius 2 is 2.10 bits per heavy atom. The van der Waals surface area contributed by atoms with E-state index in [0.717, 1.165) is 24.2 Å². The fourth-order valence-electron chi connectivity index (χ4n) is 2.58. The molecule has 1 N–H and O–H groups in total. The highest BCUT2D eigenvalue weighted by atomic mass is 16.5. The maximum Gasteiger partial charge on any atom is 0.314 e. The van der Waals surface area contributed by atoms with Gasteiger partial charge in [-0.1, -0.05) is 41.9 Å². The van der Waals surface area contributed by atoms with Gasteiger partial charge in [0.15, 0.2) is 5.82 Å². The van der Waals surface area contributed by atoms with Crippen molar-refractivity contribution in [3.63, 3.8) is 0 Å². The van der Waals surface area contributed by atoms with Gasteiger partial charge in [0, 0.05) is 12.3 Å². The molecule has 2 aromatic rings. The zero-order valence-corrected chi connectivity index (χ0v) is 12.0. The fourth-order valence-corrected chi connectivity index (χ4v) is 2.58. The van der Waals surface area contributed by atoms with Crippen LogP contribution in [-0.4, -0.2) is 21.2 Å². The Bertz CT molecular complexity index is 634. The van der Waals surface area contributed by atoms with Crippen molar-refractivity contribution in [1.82, 2.24) is 10.1 Å². The lowest BCUT2D eigenvalue weighted by Gasteiger charge is -2.23. The van der Waals surface area contributed by atoms with Gasteiger partial charge in [-0.05, 0) is 25.3 Å². The van der Waals surface area contributed by atoms with Crippen molar-refractivity contribution in [3.8, 4) is 0 Å². The van der Waals surface area contributed by atoms with E-state index in [1.807, 2.05) is 30.3 Å². The first-order chi connectivity index (χ1) is 10.1. The minimum absolute atomic E-state index is 0.200. The van der Waals surface area contributed by atoms with E-state index in [9.17, 15) is 9.90 Å². The van der Waals surface area contributed by atoms with Gasteiger partial charge in [-0.15, -0.1) is 0 Å². The second kappa shape index (κ2) is 5.31. The van der Waals surface area contributed by atoms with Crippen LogP contribution < -0.4 is 0 Å². The van der Waals surface area contributed by atoms with Gasteiger partial charge in [0.1, 0.15) is 0 Å². The van der Waals surface area contributed by atoms with E-state index in [4.69, 9.17) is 4.52 Å². The summed E-state index contributed by atoms with van der Waals surface area (Å²) in [6, 6.07) is 9.18. The van der Waals surface area contributed by atoms with Gasteiger partial charge in [-0.2, -0.15) is 4.98 Å². The van der Waals surface area contributed by atoms with E-state index in [1.165, 1.54) is 6.42 Å². The molecule has 1 aliphatic carbocycles. The summed E-state index contributed by atoms with van der Waals surface area (Å²) in [5.41, 5.74) is -0.328. The third-order valence-corrected chi connectivity index (χ3v) is 4.34. The highest BCUT2D eigenvalue weighted by Crippen LogP contribution is 2.35. The van der Waals surface area contributed by atoms with Crippen LogP contribution in [0.2, 0.25) is 0 Å². The highest BCUT2D eigenvalue weighted by Gasteiger charge is 2.38. The molecule has 0 radical (unpaired) electrons. The largest absolute Gasteiger partial charge is 0.481 e. The van der Waals surface area contributed by atoms with Crippen LogP contribution in [0.15, 0.2) is 34.9 Å². The summed E-state index contributed by atoms with van der Waals surface area (Å²) >= 11 is 0. The highest BCUT2D eigenvalue weighted by molar-refractivity contribution is 5.81. The number of aromatic nitrogens is 2. The third-order valence-electron chi connectivity index (χ3n) is 4.34. The molecule has 1 aliphatic rings. The molecule has 21 heavy (non-hydrogen) atoms. The topological polar surface area (TPSA) is 76.2 Å². The van der Waals surface area contributed by atoms with E-state index >= 15 is 0 Å². The summed E-state index contributed by atoms with van der Waals surface area (Å²) in [5.74, 6) is 0.607. The fraction of sp³-hybridized carbons (Fsp3) is 0.438. The molecule has 0 saturated heterocycles.